The second-order valence-electron chi connectivity index (χ2n) is 6.30. The third-order valence-corrected chi connectivity index (χ3v) is 6.87. The van der Waals surface area contributed by atoms with Gasteiger partial charge in [0.1, 0.15) is 0 Å². The van der Waals surface area contributed by atoms with Crippen LogP contribution in [0.4, 0.5) is 0 Å². The lowest BCUT2D eigenvalue weighted by atomic mass is 9.98. The Morgan fingerprint density at radius 3 is 2.76 bits per heavy atom. The minimum absolute atomic E-state index is 0.0689. The summed E-state index contributed by atoms with van der Waals surface area (Å²) in [4.78, 5) is 0. The molecule has 2 aromatic rings. The van der Waals surface area contributed by atoms with Gasteiger partial charge in [-0.3, -0.25) is 0 Å². The summed E-state index contributed by atoms with van der Waals surface area (Å²) in [5.74, 6) is 1.57. The first-order valence-electron chi connectivity index (χ1n) is 8.14. The minimum atomic E-state index is -3.40. The topological polar surface area (TPSA) is 55.8 Å². The molecule has 0 aliphatic carbocycles. The molecule has 1 atom stereocenters. The van der Waals surface area contributed by atoms with Crippen molar-refractivity contribution in [1.29, 1.82) is 0 Å². The minimum Gasteiger partial charge on any atom is -0.454 e. The van der Waals surface area contributed by atoms with E-state index in [0.717, 1.165) is 23.5 Å². The van der Waals surface area contributed by atoms with Crippen molar-refractivity contribution in [2.24, 2.45) is 0 Å². The van der Waals surface area contributed by atoms with E-state index in [-0.39, 0.29) is 18.5 Å². The van der Waals surface area contributed by atoms with Gasteiger partial charge in [0.2, 0.25) is 16.8 Å². The summed E-state index contributed by atoms with van der Waals surface area (Å²) in [5.41, 5.74) is 1.72. The Morgan fingerprint density at radius 2 is 1.92 bits per heavy atom. The smallest absolute Gasteiger partial charge is 0.231 e. The molecule has 4 rings (SSSR count). The fourth-order valence-electron chi connectivity index (χ4n) is 3.32. The van der Waals surface area contributed by atoms with Crippen molar-refractivity contribution < 1.29 is 17.9 Å². The van der Waals surface area contributed by atoms with E-state index in [4.69, 9.17) is 21.1 Å². The highest BCUT2D eigenvalue weighted by Crippen LogP contribution is 2.37. The summed E-state index contributed by atoms with van der Waals surface area (Å²) < 4.78 is 37.8. The van der Waals surface area contributed by atoms with E-state index in [0.29, 0.717) is 23.7 Å². The van der Waals surface area contributed by atoms with Crippen LogP contribution in [0.25, 0.3) is 0 Å². The van der Waals surface area contributed by atoms with Gasteiger partial charge in [-0.2, -0.15) is 0 Å². The number of fused-ring (bicyclic) bond motifs is 1. The Labute approximate surface area is 152 Å². The third kappa shape index (κ3) is 3.34. The highest BCUT2D eigenvalue weighted by molar-refractivity contribution is 7.88. The van der Waals surface area contributed by atoms with Crippen LogP contribution in [-0.2, 0) is 15.8 Å². The maximum Gasteiger partial charge on any atom is 0.231 e. The van der Waals surface area contributed by atoms with E-state index < -0.39 is 10.0 Å². The molecule has 0 radical (unpaired) electrons. The Kier molecular flexibility index (Phi) is 4.35. The zero-order valence-corrected chi connectivity index (χ0v) is 15.1. The molecule has 2 aromatic carbocycles. The van der Waals surface area contributed by atoms with Gasteiger partial charge in [-0.1, -0.05) is 35.9 Å². The Bertz CT molecular complexity index is 900. The monoisotopic (exact) mass is 379 g/mol. The molecule has 0 spiro atoms. The van der Waals surface area contributed by atoms with Crippen molar-refractivity contribution in [1.82, 2.24) is 4.31 Å². The van der Waals surface area contributed by atoms with Crippen LogP contribution in [0.2, 0.25) is 5.02 Å². The average molecular weight is 380 g/mol. The number of nitrogens with zero attached hydrogens (tertiary/aromatic N) is 1. The molecule has 1 saturated heterocycles. The van der Waals surface area contributed by atoms with Gasteiger partial charge in [-0.15, -0.1) is 0 Å². The van der Waals surface area contributed by atoms with E-state index in [9.17, 15) is 8.42 Å². The summed E-state index contributed by atoms with van der Waals surface area (Å²) in [5, 5.41) is 0.484. The van der Waals surface area contributed by atoms with E-state index in [1.165, 1.54) is 0 Å². The standard InChI is InChI=1S/C18H18ClNO4S/c19-16-4-2-1-3-15(16)11-25(21,22)20-8-7-14(10-20)13-5-6-17-18(9-13)24-12-23-17/h1-6,9,14H,7-8,10-12H2. The van der Waals surface area contributed by atoms with Crippen LogP contribution in [0.3, 0.4) is 0 Å². The van der Waals surface area contributed by atoms with Crippen molar-refractivity contribution in [3.63, 3.8) is 0 Å². The number of hydrogen-bond acceptors (Lipinski definition) is 4. The summed E-state index contributed by atoms with van der Waals surface area (Å²) in [6.45, 7) is 1.24. The average Bonchev–Trinajstić information content (AvgIpc) is 3.25. The van der Waals surface area contributed by atoms with Gasteiger partial charge in [-0.25, -0.2) is 12.7 Å². The molecular weight excluding hydrogens is 362 g/mol. The fourth-order valence-corrected chi connectivity index (χ4v) is 5.22. The zero-order chi connectivity index (χ0) is 17.4. The lowest BCUT2D eigenvalue weighted by molar-refractivity contribution is 0.174. The van der Waals surface area contributed by atoms with Crippen LogP contribution in [0.1, 0.15) is 23.5 Å². The maximum absolute atomic E-state index is 12.7. The number of ether oxygens (including phenoxy) is 2. The molecule has 0 amide bonds. The second-order valence-corrected chi connectivity index (χ2v) is 8.68. The molecule has 1 unspecified atom stereocenters. The molecule has 0 saturated carbocycles. The number of sulfonamides is 1. The van der Waals surface area contributed by atoms with Crippen molar-refractivity contribution in [2.45, 2.75) is 18.1 Å². The van der Waals surface area contributed by atoms with Gasteiger partial charge in [0, 0.05) is 18.1 Å². The molecule has 2 aliphatic rings. The molecule has 132 valence electrons. The molecule has 0 aromatic heterocycles. The fraction of sp³-hybridized carbons (Fsp3) is 0.333. The normalized spacial score (nSPS) is 20.1. The summed E-state index contributed by atoms with van der Waals surface area (Å²) >= 11 is 6.11. The van der Waals surface area contributed by atoms with E-state index in [2.05, 4.69) is 0 Å². The number of benzene rings is 2. The van der Waals surface area contributed by atoms with Crippen LogP contribution >= 0.6 is 11.6 Å². The van der Waals surface area contributed by atoms with E-state index in [1.54, 1.807) is 28.6 Å². The van der Waals surface area contributed by atoms with Crippen molar-refractivity contribution >= 4 is 21.6 Å². The molecule has 5 nitrogen and oxygen atoms in total. The predicted octanol–water partition coefficient (Wildman–Crippen LogP) is 3.39. The number of hydrogen-bond donors (Lipinski definition) is 0. The van der Waals surface area contributed by atoms with Crippen LogP contribution < -0.4 is 9.47 Å². The van der Waals surface area contributed by atoms with Gasteiger partial charge in [0.15, 0.2) is 11.5 Å². The van der Waals surface area contributed by atoms with Crippen LogP contribution in [0.5, 0.6) is 11.5 Å². The first-order chi connectivity index (χ1) is 12.0. The van der Waals surface area contributed by atoms with Crippen LogP contribution in [0.15, 0.2) is 42.5 Å². The van der Waals surface area contributed by atoms with E-state index >= 15 is 0 Å². The highest BCUT2D eigenvalue weighted by atomic mass is 35.5. The molecule has 25 heavy (non-hydrogen) atoms. The van der Waals surface area contributed by atoms with Gasteiger partial charge in [0.05, 0.1) is 5.75 Å². The maximum atomic E-state index is 12.7. The van der Waals surface area contributed by atoms with Crippen LogP contribution in [-0.4, -0.2) is 32.6 Å². The number of halogens is 1. The third-order valence-electron chi connectivity index (χ3n) is 4.71. The van der Waals surface area contributed by atoms with Gasteiger partial charge >= 0.3 is 0 Å². The van der Waals surface area contributed by atoms with Crippen molar-refractivity contribution in [3.8, 4) is 11.5 Å². The first-order valence-corrected chi connectivity index (χ1v) is 10.1. The molecule has 7 heteroatoms. The summed E-state index contributed by atoms with van der Waals surface area (Å²) in [6, 6.07) is 12.9. The summed E-state index contributed by atoms with van der Waals surface area (Å²) in [7, 11) is -3.40. The largest absolute Gasteiger partial charge is 0.454 e. The van der Waals surface area contributed by atoms with E-state index in [1.807, 2.05) is 18.2 Å². The zero-order valence-electron chi connectivity index (χ0n) is 13.5. The van der Waals surface area contributed by atoms with Gasteiger partial charge in [0.25, 0.3) is 0 Å². The quantitative estimate of drug-likeness (QED) is 0.817. The highest BCUT2D eigenvalue weighted by Gasteiger charge is 2.33. The van der Waals surface area contributed by atoms with Crippen molar-refractivity contribution in [2.75, 3.05) is 19.9 Å². The lowest BCUT2D eigenvalue weighted by Gasteiger charge is -2.17. The number of rotatable bonds is 4. The Hall–Kier alpha value is -1.76. The first kappa shape index (κ1) is 16.7. The Balaban J connectivity index is 1.49. The molecule has 0 N–H and O–H groups in total. The Morgan fingerprint density at radius 1 is 1.12 bits per heavy atom. The van der Waals surface area contributed by atoms with Crippen LogP contribution in [0, 0.1) is 0 Å². The van der Waals surface area contributed by atoms with Gasteiger partial charge < -0.3 is 9.47 Å². The molecule has 2 aliphatic heterocycles. The lowest BCUT2D eigenvalue weighted by Crippen LogP contribution is -2.29. The molecule has 0 bridgehead atoms. The van der Waals surface area contributed by atoms with Gasteiger partial charge in [-0.05, 0) is 41.7 Å². The molecule has 2 heterocycles. The predicted molar refractivity (Wildman–Crippen MR) is 95.6 cm³/mol. The molecule has 1 fully saturated rings. The van der Waals surface area contributed by atoms with Crippen molar-refractivity contribution in [3.05, 3.63) is 58.6 Å². The SMILES string of the molecule is O=S(=O)(Cc1ccccc1Cl)N1CCC(c2ccc3c(c2)OCO3)C1. The summed E-state index contributed by atoms with van der Waals surface area (Å²) in [6.07, 6.45) is 0.793. The second kappa shape index (κ2) is 6.52. The molecular formula is C18H18ClNO4S.